The maximum atomic E-state index is 11.3. The first-order valence-corrected chi connectivity index (χ1v) is 9.13. The van der Waals surface area contributed by atoms with Gasteiger partial charge in [-0.1, -0.05) is 48.2 Å². The highest BCUT2D eigenvalue weighted by atomic mass is 35.5. The van der Waals surface area contributed by atoms with E-state index in [-0.39, 0.29) is 11.7 Å². The molecule has 2 rings (SSSR count). The molecule has 0 heterocycles. The van der Waals surface area contributed by atoms with Crippen LogP contribution >= 0.6 is 11.6 Å². The zero-order valence-electron chi connectivity index (χ0n) is 12.5. The number of rotatable bonds is 6. The Balaban J connectivity index is 2.07. The maximum absolute atomic E-state index is 11.3. The fraction of sp³-hybridized carbons (Fsp3) is 0.562. The molecule has 1 aliphatic carbocycles. The summed E-state index contributed by atoms with van der Waals surface area (Å²) < 4.78 is 26.8. The second-order valence-electron chi connectivity index (χ2n) is 5.63. The Labute approximate surface area is 138 Å². The van der Waals surface area contributed by atoms with Crippen molar-refractivity contribution in [3.8, 4) is 0 Å². The van der Waals surface area contributed by atoms with Crippen molar-refractivity contribution in [3.05, 3.63) is 34.3 Å². The molecule has 3 atom stereocenters. The van der Waals surface area contributed by atoms with Crippen LogP contribution in [0.1, 0.15) is 49.7 Å². The van der Waals surface area contributed by atoms with Gasteiger partial charge in [0.25, 0.3) is 0 Å². The molecule has 0 spiro atoms. The monoisotopic (exact) mass is 343 g/mol. The molecule has 0 N–H and O–H groups in total. The molecular formula is C16H20ClO4S-. The molecule has 1 aromatic carbocycles. The van der Waals surface area contributed by atoms with Gasteiger partial charge < -0.3 is 9.29 Å². The van der Waals surface area contributed by atoms with Gasteiger partial charge in [0.15, 0.2) is 0 Å². The van der Waals surface area contributed by atoms with Crippen LogP contribution in [-0.4, -0.2) is 21.3 Å². The van der Waals surface area contributed by atoms with Crippen LogP contribution < -0.4 is 0 Å². The average Bonchev–Trinajstić information content (AvgIpc) is 2.94. The van der Waals surface area contributed by atoms with Crippen LogP contribution in [0.3, 0.4) is 0 Å². The number of hydrogen-bond acceptors (Lipinski definition) is 4. The lowest BCUT2D eigenvalue weighted by Gasteiger charge is -2.21. The van der Waals surface area contributed by atoms with E-state index in [2.05, 4.69) is 0 Å². The first-order chi connectivity index (χ1) is 10.5. The van der Waals surface area contributed by atoms with Gasteiger partial charge in [-0.25, -0.2) is 0 Å². The predicted molar refractivity (Wildman–Crippen MR) is 85.4 cm³/mol. The summed E-state index contributed by atoms with van der Waals surface area (Å²) in [4.78, 5) is 11.3. The van der Waals surface area contributed by atoms with Gasteiger partial charge in [-0.05, 0) is 41.9 Å². The van der Waals surface area contributed by atoms with E-state index in [4.69, 9.17) is 16.3 Å². The molecule has 3 unspecified atom stereocenters. The number of halogens is 1. The first kappa shape index (κ1) is 17.4. The van der Waals surface area contributed by atoms with Gasteiger partial charge in [0.2, 0.25) is 0 Å². The zero-order valence-corrected chi connectivity index (χ0v) is 14.1. The van der Waals surface area contributed by atoms with Crippen LogP contribution in [0.2, 0.25) is 5.02 Å². The van der Waals surface area contributed by atoms with Crippen molar-refractivity contribution in [2.75, 3.05) is 6.61 Å². The van der Waals surface area contributed by atoms with Gasteiger partial charge in [-0.3, -0.25) is 9.00 Å². The lowest BCUT2D eigenvalue weighted by atomic mass is 9.89. The van der Waals surface area contributed by atoms with Crippen molar-refractivity contribution in [1.29, 1.82) is 0 Å². The van der Waals surface area contributed by atoms with E-state index >= 15 is 0 Å². The van der Waals surface area contributed by atoms with Crippen LogP contribution in [-0.2, 0) is 26.4 Å². The molecule has 1 aliphatic rings. The molecule has 0 aliphatic heterocycles. The Morgan fingerprint density at radius 1 is 1.45 bits per heavy atom. The maximum Gasteiger partial charge on any atom is 0.305 e. The molecule has 1 fully saturated rings. The Bertz CT molecular complexity index is 561. The Hall–Kier alpha value is -0.910. The standard InChI is InChI=1S/C16H21ClO4S/c1-2-16(18)21-9-12-4-3-5-14(12)11-6-7-13(10-22(19)20)15(17)8-11/h6-8,12,14H,2-5,9-10H2,1H3,(H,19,20)/p-1. The third-order valence-corrected chi connectivity index (χ3v) is 5.08. The molecule has 6 heteroatoms. The minimum atomic E-state index is -2.14. The highest BCUT2D eigenvalue weighted by Crippen LogP contribution is 2.40. The highest BCUT2D eigenvalue weighted by Gasteiger charge is 2.29. The summed E-state index contributed by atoms with van der Waals surface area (Å²) in [6.07, 6.45) is 3.57. The van der Waals surface area contributed by atoms with Crippen molar-refractivity contribution < 1.29 is 18.3 Å². The molecule has 0 amide bonds. The number of carbonyl (C=O) groups excluding carboxylic acids is 1. The second-order valence-corrected chi connectivity index (χ2v) is 6.94. The summed E-state index contributed by atoms with van der Waals surface area (Å²) in [6, 6.07) is 5.58. The van der Waals surface area contributed by atoms with E-state index in [1.807, 2.05) is 12.1 Å². The Kier molecular flexibility index (Phi) is 6.41. The van der Waals surface area contributed by atoms with Crippen LogP contribution in [0.25, 0.3) is 0 Å². The van der Waals surface area contributed by atoms with Gasteiger partial charge in [-0.2, -0.15) is 0 Å². The summed E-state index contributed by atoms with van der Waals surface area (Å²) >= 11 is 4.05. The van der Waals surface area contributed by atoms with Gasteiger partial charge in [0, 0.05) is 17.2 Å². The second kappa shape index (κ2) is 8.09. The van der Waals surface area contributed by atoms with Crippen molar-refractivity contribution >= 4 is 28.7 Å². The third-order valence-electron chi connectivity index (χ3n) is 4.18. The molecule has 0 aromatic heterocycles. The van der Waals surface area contributed by atoms with Gasteiger partial charge >= 0.3 is 5.97 Å². The Morgan fingerprint density at radius 3 is 2.86 bits per heavy atom. The summed E-state index contributed by atoms with van der Waals surface area (Å²) in [5, 5.41) is 0.484. The first-order valence-electron chi connectivity index (χ1n) is 7.51. The normalized spacial score (nSPS) is 22.5. The molecule has 0 saturated heterocycles. The van der Waals surface area contributed by atoms with E-state index in [1.165, 1.54) is 0 Å². The molecular weight excluding hydrogens is 324 g/mol. The van der Waals surface area contributed by atoms with Gasteiger partial charge in [-0.15, -0.1) is 0 Å². The van der Waals surface area contributed by atoms with Gasteiger partial charge in [0.05, 0.1) is 6.61 Å². The largest absolute Gasteiger partial charge is 0.772 e. The fourth-order valence-corrected chi connectivity index (χ4v) is 3.86. The number of ether oxygens (including phenoxy) is 1. The SMILES string of the molecule is CCC(=O)OCC1CCCC1c1ccc(CS(=O)[O-])c(Cl)c1. The van der Waals surface area contributed by atoms with E-state index in [9.17, 15) is 13.6 Å². The van der Waals surface area contributed by atoms with E-state index < -0.39 is 11.1 Å². The lowest BCUT2D eigenvalue weighted by molar-refractivity contribution is -0.144. The minimum Gasteiger partial charge on any atom is -0.772 e. The Morgan fingerprint density at radius 2 is 2.23 bits per heavy atom. The quantitative estimate of drug-likeness (QED) is 0.585. The summed E-state index contributed by atoms with van der Waals surface area (Å²) in [6.45, 7) is 2.23. The van der Waals surface area contributed by atoms with Crippen molar-refractivity contribution in [1.82, 2.24) is 0 Å². The molecule has 0 bridgehead atoms. The molecule has 1 saturated carbocycles. The van der Waals surface area contributed by atoms with Crippen molar-refractivity contribution in [3.63, 3.8) is 0 Å². The van der Waals surface area contributed by atoms with E-state index in [0.717, 1.165) is 24.8 Å². The molecule has 22 heavy (non-hydrogen) atoms. The number of hydrogen-bond donors (Lipinski definition) is 0. The van der Waals surface area contributed by atoms with Crippen molar-refractivity contribution in [2.24, 2.45) is 5.92 Å². The summed E-state index contributed by atoms with van der Waals surface area (Å²) in [5.74, 6) is 0.387. The van der Waals surface area contributed by atoms with Crippen LogP contribution in [0.4, 0.5) is 0 Å². The van der Waals surface area contributed by atoms with Crippen LogP contribution in [0.15, 0.2) is 18.2 Å². The molecule has 0 radical (unpaired) electrons. The number of benzene rings is 1. The number of esters is 1. The lowest BCUT2D eigenvalue weighted by Crippen LogP contribution is -2.16. The van der Waals surface area contributed by atoms with Gasteiger partial charge in [0.1, 0.15) is 0 Å². The highest BCUT2D eigenvalue weighted by molar-refractivity contribution is 7.78. The summed E-state index contributed by atoms with van der Waals surface area (Å²) in [7, 11) is 0. The zero-order chi connectivity index (χ0) is 16.1. The third kappa shape index (κ3) is 4.54. The smallest absolute Gasteiger partial charge is 0.305 e. The van der Waals surface area contributed by atoms with Crippen LogP contribution in [0.5, 0.6) is 0 Å². The minimum absolute atomic E-state index is 0.0681. The average molecular weight is 344 g/mol. The predicted octanol–water partition coefficient (Wildman–Crippen LogP) is 3.56. The van der Waals surface area contributed by atoms with E-state index in [1.54, 1.807) is 13.0 Å². The summed E-state index contributed by atoms with van der Waals surface area (Å²) in [5.41, 5.74) is 1.71. The molecule has 122 valence electrons. The molecule has 1 aromatic rings. The van der Waals surface area contributed by atoms with E-state index in [0.29, 0.717) is 35.4 Å². The number of carbonyl (C=O) groups is 1. The topological polar surface area (TPSA) is 66.4 Å². The molecule has 4 nitrogen and oxygen atoms in total. The van der Waals surface area contributed by atoms with Crippen molar-refractivity contribution in [2.45, 2.75) is 44.3 Å². The van der Waals surface area contributed by atoms with Crippen LogP contribution in [0, 0.1) is 5.92 Å². The fourth-order valence-electron chi connectivity index (χ4n) is 3.02.